The summed E-state index contributed by atoms with van der Waals surface area (Å²) < 4.78 is 4.85. The van der Waals surface area contributed by atoms with Gasteiger partial charge in [-0.3, -0.25) is 0 Å². The molecule has 76 valence electrons. The van der Waals surface area contributed by atoms with E-state index in [0.717, 1.165) is 0 Å². The zero-order valence-corrected chi connectivity index (χ0v) is 9.24. The highest BCUT2D eigenvalue weighted by Gasteiger charge is 2.19. The molecule has 0 unspecified atom stereocenters. The van der Waals surface area contributed by atoms with Crippen LogP contribution in [0.4, 0.5) is 0 Å². The number of halogens is 3. The van der Waals surface area contributed by atoms with Crippen LogP contribution in [-0.2, 0) is 0 Å². The summed E-state index contributed by atoms with van der Waals surface area (Å²) >= 11 is 17.1. The predicted octanol–water partition coefficient (Wildman–Crippen LogP) is 3.35. The molecule has 6 heteroatoms. The minimum Gasteiger partial charge on any atom is -0.495 e. The van der Waals surface area contributed by atoms with Crippen LogP contribution >= 0.6 is 34.8 Å². The normalized spacial score (nSPS) is 10.0. The van der Waals surface area contributed by atoms with Gasteiger partial charge in [-0.05, 0) is 0 Å². The van der Waals surface area contributed by atoms with Gasteiger partial charge in [0.15, 0.2) is 0 Å². The molecule has 0 aromatic heterocycles. The summed E-state index contributed by atoms with van der Waals surface area (Å²) in [4.78, 5) is 10.7. The zero-order chi connectivity index (χ0) is 10.9. The van der Waals surface area contributed by atoms with E-state index in [4.69, 9.17) is 44.6 Å². The number of hydrogen-bond acceptors (Lipinski definition) is 2. The number of rotatable bonds is 2. The summed E-state index contributed by atoms with van der Waals surface area (Å²) in [5.74, 6) is -0.990. The summed E-state index contributed by atoms with van der Waals surface area (Å²) in [6.07, 6.45) is 0. The first kappa shape index (κ1) is 11.4. The van der Waals surface area contributed by atoms with E-state index in [9.17, 15) is 4.79 Å². The van der Waals surface area contributed by atoms with Crippen molar-refractivity contribution in [3.63, 3.8) is 0 Å². The van der Waals surface area contributed by atoms with Gasteiger partial charge in [-0.15, -0.1) is 0 Å². The van der Waals surface area contributed by atoms with Crippen LogP contribution in [0.2, 0.25) is 15.1 Å². The molecule has 1 aromatic carbocycles. The van der Waals surface area contributed by atoms with Crippen molar-refractivity contribution in [3.8, 4) is 5.75 Å². The highest BCUT2D eigenvalue weighted by atomic mass is 35.5. The Balaban J connectivity index is 3.49. The van der Waals surface area contributed by atoms with Gasteiger partial charge < -0.3 is 9.84 Å². The van der Waals surface area contributed by atoms with Gasteiger partial charge in [0.1, 0.15) is 10.8 Å². The quantitative estimate of drug-likeness (QED) is 0.824. The van der Waals surface area contributed by atoms with Gasteiger partial charge in [-0.25, -0.2) is 4.79 Å². The second-order valence-corrected chi connectivity index (χ2v) is 3.53. The first-order valence-electron chi connectivity index (χ1n) is 3.43. The Morgan fingerprint density at radius 3 is 2.36 bits per heavy atom. The molecule has 3 nitrogen and oxygen atoms in total. The lowest BCUT2D eigenvalue weighted by atomic mass is 10.2. The maximum absolute atomic E-state index is 10.7. The summed E-state index contributed by atoms with van der Waals surface area (Å²) in [5, 5.41) is 8.67. The number of carboxylic acids is 1. The van der Waals surface area contributed by atoms with Gasteiger partial charge in [0, 0.05) is 6.07 Å². The second kappa shape index (κ2) is 4.26. The molecule has 0 spiro atoms. The molecular formula is C8H5Cl3O3. The number of aromatic carboxylic acids is 1. The Morgan fingerprint density at radius 2 is 1.93 bits per heavy atom. The van der Waals surface area contributed by atoms with Crippen molar-refractivity contribution in [2.24, 2.45) is 0 Å². The molecule has 0 atom stereocenters. The third kappa shape index (κ3) is 1.90. The number of carbonyl (C=O) groups is 1. The predicted molar refractivity (Wildman–Crippen MR) is 55.0 cm³/mol. The molecule has 1 aromatic rings. The Morgan fingerprint density at radius 1 is 1.36 bits per heavy atom. The van der Waals surface area contributed by atoms with E-state index in [0.29, 0.717) is 0 Å². The molecule has 0 aliphatic heterocycles. The van der Waals surface area contributed by atoms with Gasteiger partial charge in [0.25, 0.3) is 0 Å². The fourth-order valence-corrected chi connectivity index (χ4v) is 1.74. The lowest BCUT2D eigenvalue weighted by Crippen LogP contribution is -2.00. The van der Waals surface area contributed by atoms with E-state index < -0.39 is 5.97 Å². The standard InChI is InChI=1S/C8H5Cl3O3/c1-14-4-2-3(9)5(8(12)13)7(11)6(4)10/h2H,1H3,(H,12,13). The van der Waals surface area contributed by atoms with Gasteiger partial charge in [0.2, 0.25) is 0 Å². The number of methoxy groups -OCH3 is 1. The van der Waals surface area contributed by atoms with Crippen molar-refractivity contribution in [3.05, 3.63) is 26.7 Å². The summed E-state index contributed by atoms with van der Waals surface area (Å²) in [7, 11) is 1.38. The highest BCUT2D eigenvalue weighted by molar-refractivity contribution is 6.46. The van der Waals surface area contributed by atoms with Crippen LogP contribution in [0.25, 0.3) is 0 Å². The van der Waals surface area contributed by atoms with Gasteiger partial charge in [-0.1, -0.05) is 34.8 Å². The minimum atomic E-state index is -1.23. The number of carboxylic acid groups (broad SMARTS) is 1. The second-order valence-electron chi connectivity index (χ2n) is 2.37. The highest BCUT2D eigenvalue weighted by Crippen LogP contribution is 2.38. The Bertz CT molecular complexity index is 390. The van der Waals surface area contributed by atoms with Crippen LogP contribution in [0.15, 0.2) is 6.07 Å². The SMILES string of the molecule is COc1cc(Cl)c(C(=O)O)c(Cl)c1Cl. The van der Waals surface area contributed by atoms with Crippen molar-refractivity contribution >= 4 is 40.8 Å². The Kier molecular flexibility index (Phi) is 3.48. The van der Waals surface area contributed by atoms with E-state index in [2.05, 4.69) is 0 Å². The monoisotopic (exact) mass is 254 g/mol. The van der Waals surface area contributed by atoms with Crippen molar-refractivity contribution in [1.82, 2.24) is 0 Å². The fraction of sp³-hybridized carbons (Fsp3) is 0.125. The first-order chi connectivity index (χ1) is 6.49. The van der Waals surface area contributed by atoms with Crippen LogP contribution in [0.3, 0.4) is 0 Å². The van der Waals surface area contributed by atoms with Gasteiger partial charge >= 0.3 is 5.97 Å². The number of ether oxygens (including phenoxy) is 1. The molecule has 1 rings (SSSR count). The molecular weight excluding hydrogens is 250 g/mol. The van der Waals surface area contributed by atoms with Crippen molar-refractivity contribution in [2.45, 2.75) is 0 Å². The Labute approximate surface area is 95.1 Å². The van der Waals surface area contributed by atoms with E-state index in [1.807, 2.05) is 0 Å². The van der Waals surface area contributed by atoms with E-state index >= 15 is 0 Å². The number of hydrogen-bond donors (Lipinski definition) is 1. The van der Waals surface area contributed by atoms with Crippen LogP contribution in [0, 0.1) is 0 Å². The molecule has 0 radical (unpaired) electrons. The number of benzene rings is 1. The minimum absolute atomic E-state index is 0.0104. The third-order valence-corrected chi connectivity index (χ3v) is 2.71. The van der Waals surface area contributed by atoms with Crippen molar-refractivity contribution in [2.75, 3.05) is 7.11 Å². The molecule has 0 bridgehead atoms. The molecule has 14 heavy (non-hydrogen) atoms. The summed E-state index contributed by atoms with van der Waals surface area (Å²) in [6, 6.07) is 1.30. The topological polar surface area (TPSA) is 46.5 Å². The van der Waals surface area contributed by atoms with Crippen LogP contribution in [0.1, 0.15) is 10.4 Å². The zero-order valence-electron chi connectivity index (χ0n) is 6.97. The molecule has 0 aliphatic rings. The lowest BCUT2D eigenvalue weighted by molar-refractivity contribution is 0.0697. The van der Waals surface area contributed by atoms with Crippen molar-refractivity contribution in [1.29, 1.82) is 0 Å². The average molecular weight is 255 g/mol. The van der Waals surface area contributed by atoms with Crippen LogP contribution < -0.4 is 4.74 Å². The van der Waals surface area contributed by atoms with Crippen LogP contribution in [-0.4, -0.2) is 18.2 Å². The first-order valence-corrected chi connectivity index (χ1v) is 4.57. The van der Waals surface area contributed by atoms with E-state index in [1.54, 1.807) is 0 Å². The maximum atomic E-state index is 10.7. The fourth-order valence-electron chi connectivity index (χ4n) is 0.918. The van der Waals surface area contributed by atoms with E-state index in [-0.39, 0.29) is 26.4 Å². The van der Waals surface area contributed by atoms with E-state index in [1.165, 1.54) is 13.2 Å². The third-order valence-electron chi connectivity index (χ3n) is 1.56. The average Bonchev–Trinajstić information content (AvgIpc) is 2.10. The van der Waals surface area contributed by atoms with Crippen LogP contribution in [0.5, 0.6) is 5.75 Å². The van der Waals surface area contributed by atoms with Crippen molar-refractivity contribution < 1.29 is 14.6 Å². The van der Waals surface area contributed by atoms with Gasteiger partial charge in [-0.2, -0.15) is 0 Å². The largest absolute Gasteiger partial charge is 0.495 e. The molecule has 0 heterocycles. The molecule has 0 aliphatic carbocycles. The molecule has 0 saturated heterocycles. The maximum Gasteiger partial charge on any atom is 0.338 e. The lowest BCUT2D eigenvalue weighted by Gasteiger charge is -2.08. The van der Waals surface area contributed by atoms with Gasteiger partial charge in [0.05, 0.1) is 22.7 Å². The Hall–Kier alpha value is -0.640. The smallest absolute Gasteiger partial charge is 0.338 e. The molecule has 0 fully saturated rings. The summed E-state index contributed by atoms with van der Waals surface area (Å²) in [5.41, 5.74) is -0.223. The molecule has 0 amide bonds. The molecule has 0 saturated carbocycles. The molecule has 1 N–H and O–H groups in total. The summed E-state index contributed by atoms with van der Waals surface area (Å²) in [6.45, 7) is 0.